The topological polar surface area (TPSA) is 30.9 Å². The van der Waals surface area contributed by atoms with Gasteiger partial charge in [-0.3, -0.25) is 0 Å². The van der Waals surface area contributed by atoms with E-state index in [9.17, 15) is 0 Å². The van der Waals surface area contributed by atoms with Crippen molar-refractivity contribution in [2.75, 3.05) is 6.54 Å². The van der Waals surface area contributed by atoms with Crippen molar-refractivity contribution in [2.24, 2.45) is 12.8 Å². The number of nitrogens with two attached hydrogens (primary N) is 1. The predicted octanol–water partition coefficient (Wildman–Crippen LogP) is 0.835. The molecule has 1 aromatic heterocycles. The number of aryl methyl sites for hydroxylation is 1. The van der Waals surface area contributed by atoms with Crippen molar-refractivity contribution >= 4 is 0 Å². The molecule has 0 aliphatic heterocycles. The molecule has 0 bridgehead atoms. The monoisotopic (exact) mass is 138 g/mol. The summed E-state index contributed by atoms with van der Waals surface area (Å²) < 4.78 is 2.17. The van der Waals surface area contributed by atoms with Gasteiger partial charge in [0.15, 0.2) is 0 Å². The van der Waals surface area contributed by atoms with Crippen molar-refractivity contribution in [2.45, 2.75) is 13.3 Å². The summed E-state index contributed by atoms with van der Waals surface area (Å²) in [7, 11) is 2.07. The van der Waals surface area contributed by atoms with E-state index in [4.69, 9.17) is 5.73 Å². The largest absolute Gasteiger partial charge is 0.352 e. The van der Waals surface area contributed by atoms with Crippen LogP contribution < -0.4 is 5.73 Å². The van der Waals surface area contributed by atoms with Crippen LogP contribution in [0.1, 0.15) is 11.4 Å². The average Bonchev–Trinajstić information content (AvgIpc) is 2.20. The molecule has 0 spiro atoms. The fraction of sp³-hybridized carbons (Fsp3) is 0.500. The summed E-state index contributed by atoms with van der Waals surface area (Å²) in [5.74, 6) is 0. The zero-order valence-electron chi connectivity index (χ0n) is 6.59. The second-order valence-corrected chi connectivity index (χ2v) is 2.56. The number of hydrogen-bond acceptors (Lipinski definition) is 1. The molecule has 1 rings (SSSR count). The first-order valence-corrected chi connectivity index (χ1v) is 3.57. The lowest BCUT2D eigenvalue weighted by molar-refractivity contribution is 0.784. The molecule has 0 amide bonds. The summed E-state index contributed by atoms with van der Waals surface area (Å²) in [6.07, 6.45) is 0.977. The normalized spacial score (nSPS) is 10.3. The van der Waals surface area contributed by atoms with Crippen molar-refractivity contribution in [1.29, 1.82) is 0 Å². The summed E-state index contributed by atoms with van der Waals surface area (Å²) in [6.45, 7) is 2.83. The van der Waals surface area contributed by atoms with Crippen LogP contribution in [0.15, 0.2) is 12.1 Å². The quantitative estimate of drug-likeness (QED) is 0.645. The van der Waals surface area contributed by atoms with Crippen molar-refractivity contribution in [3.63, 3.8) is 0 Å². The first-order valence-electron chi connectivity index (χ1n) is 3.57. The third kappa shape index (κ3) is 1.21. The van der Waals surface area contributed by atoms with Gasteiger partial charge in [-0.05, 0) is 32.0 Å². The van der Waals surface area contributed by atoms with Gasteiger partial charge >= 0.3 is 0 Å². The average molecular weight is 138 g/mol. The predicted molar refractivity (Wildman–Crippen MR) is 42.9 cm³/mol. The van der Waals surface area contributed by atoms with Crippen LogP contribution in [-0.2, 0) is 13.5 Å². The Morgan fingerprint density at radius 1 is 1.50 bits per heavy atom. The van der Waals surface area contributed by atoms with Gasteiger partial charge in [-0.15, -0.1) is 0 Å². The minimum absolute atomic E-state index is 0.733. The molecule has 56 valence electrons. The maximum atomic E-state index is 5.43. The van der Waals surface area contributed by atoms with Gasteiger partial charge in [0.25, 0.3) is 0 Å². The zero-order valence-corrected chi connectivity index (χ0v) is 6.59. The van der Waals surface area contributed by atoms with E-state index < -0.39 is 0 Å². The fourth-order valence-electron chi connectivity index (χ4n) is 1.07. The molecule has 0 unspecified atom stereocenters. The molecule has 2 N–H and O–H groups in total. The van der Waals surface area contributed by atoms with E-state index >= 15 is 0 Å². The number of hydrogen-bond donors (Lipinski definition) is 1. The summed E-state index contributed by atoms with van der Waals surface area (Å²) in [5.41, 5.74) is 8.04. The van der Waals surface area contributed by atoms with Crippen molar-refractivity contribution in [3.05, 3.63) is 23.5 Å². The molecule has 1 heterocycles. The Hall–Kier alpha value is -0.760. The lowest BCUT2D eigenvalue weighted by Gasteiger charge is -2.01. The minimum Gasteiger partial charge on any atom is -0.352 e. The van der Waals surface area contributed by atoms with Gasteiger partial charge in [0.05, 0.1) is 0 Å². The standard InChI is InChI=1S/C8H14N2/c1-7-3-4-8(5-6-9)10(7)2/h3-4H,5-6,9H2,1-2H3. The van der Waals surface area contributed by atoms with Crippen LogP contribution in [0.3, 0.4) is 0 Å². The van der Waals surface area contributed by atoms with Gasteiger partial charge in [-0.2, -0.15) is 0 Å². The summed E-state index contributed by atoms with van der Waals surface area (Å²) in [5, 5.41) is 0. The van der Waals surface area contributed by atoms with E-state index in [0.29, 0.717) is 0 Å². The van der Waals surface area contributed by atoms with Gasteiger partial charge in [0.2, 0.25) is 0 Å². The molecule has 0 fully saturated rings. The van der Waals surface area contributed by atoms with E-state index in [-0.39, 0.29) is 0 Å². The second kappa shape index (κ2) is 2.88. The smallest absolute Gasteiger partial charge is 0.0186 e. The Labute approximate surface area is 61.7 Å². The summed E-state index contributed by atoms with van der Waals surface area (Å²) in [6, 6.07) is 4.24. The first kappa shape index (κ1) is 7.35. The molecule has 0 aliphatic carbocycles. The molecule has 0 saturated heterocycles. The Morgan fingerprint density at radius 2 is 2.20 bits per heavy atom. The van der Waals surface area contributed by atoms with Crippen LogP contribution in [0.4, 0.5) is 0 Å². The highest BCUT2D eigenvalue weighted by atomic mass is 14.9. The third-order valence-electron chi connectivity index (χ3n) is 1.88. The molecule has 0 radical (unpaired) electrons. The second-order valence-electron chi connectivity index (χ2n) is 2.56. The van der Waals surface area contributed by atoms with Gasteiger partial charge in [-0.1, -0.05) is 0 Å². The Kier molecular flexibility index (Phi) is 2.12. The highest BCUT2D eigenvalue weighted by Crippen LogP contribution is 2.04. The van der Waals surface area contributed by atoms with Crippen LogP contribution in [0.2, 0.25) is 0 Å². The van der Waals surface area contributed by atoms with Gasteiger partial charge in [0.1, 0.15) is 0 Å². The van der Waals surface area contributed by atoms with Crippen LogP contribution >= 0.6 is 0 Å². The van der Waals surface area contributed by atoms with Crippen molar-refractivity contribution in [1.82, 2.24) is 4.57 Å². The highest BCUT2D eigenvalue weighted by Gasteiger charge is 1.97. The molecule has 2 heteroatoms. The van der Waals surface area contributed by atoms with Gasteiger partial charge in [0, 0.05) is 18.4 Å². The molecular weight excluding hydrogens is 124 g/mol. The molecule has 0 saturated carbocycles. The van der Waals surface area contributed by atoms with E-state index in [1.165, 1.54) is 11.4 Å². The maximum absolute atomic E-state index is 5.43. The lowest BCUT2D eigenvalue weighted by Crippen LogP contribution is -2.06. The fourth-order valence-corrected chi connectivity index (χ4v) is 1.07. The number of aromatic nitrogens is 1. The highest BCUT2D eigenvalue weighted by molar-refractivity contribution is 5.14. The molecule has 0 aliphatic rings. The van der Waals surface area contributed by atoms with Crippen LogP contribution in [0.25, 0.3) is 0 Å². The van der Waals surface area contributed by atoms with Crippen LogP contribution in [-0.4, -0.2) is 11.1 Å². The minimum atomic E-state index is 0.733. The van der Waals surface area contributed by atoms with E-state index in [2.05, 4.69) is 30.7 Å². The lowest BCUT2D eigenvalue weighted by atomic mass is 10.3. The summed E-state index contributed by atoms with van der Waals surface area (Å²) >= 11 is 0. The molecule has 0 atom stereocenters. The van der Waals surface area contributed by atoms with E-state index in [1.54, 1.807) is 0 Å². The first-order chi connectivity index (χ1) is 4.75. The summed E-state index contributed by atoms with van der Waals surface area (Å²) in [4.78, 5) is 0. The van der Waals surface area contributed by atoms with Crippen molar-refractivity contribution < 1.29 is 0 Å². The molecule has 10 heavy (non-hydrogen) atoms. The maximum Gasteiger partial charge on any atom is 0.0186 e. The molecular formula is C8H14N2. The SMILES string of the molecule is Cc1ccc(CCN)n1C. The molecule has 1 aromatic rings. The van der Waals surface area contributed by atoms with Gasteiger partial charge < -0.3 is 10.3 Å². The number of rotatable bonds is 2. The van der Waals surface area contributed by atoms with Crippen LogP contribution in [0.5, 0.6) is 0 Å². The Morgan fingerprint density at radius 3 is 2.60 bits per heavy atom. The Balaban J connectivity index is 2.83. The van der Waals surface area contributed by atoms with Crippen molar-refractivity contribution in [3.8, 4) is 0 Å². The molecule has 2 nitrogen and oxygen atoms in total. The molecule has 0 aromatic carbocycles. The van der Waals surface area contributed by atoms with E-state index in [1.807, 2.05) is 0 Å². The Bertz CT molecular complexity index is 213. The van der Waals surface area contributed by atoms with Gasteiger partial charge in [-0.25, -0.2) is 0 Å². The van der Waals surface area contributed by atoms with Crippen LogP contribution in [0, 0.1) is 6.92 Å². The zero-order chi connectivity index (χ0) is 7.56. The third-order valence-corrected chi connectivity index (χ3v) is 1.88. The number of nitrogens with zero attached hydrogens (tertiary/aromatic N) is 1. The van der Waals surface area contributed by atoms with E-state index in [0.717, 1.165) is 13.0 Å².